The highest BCUT2D eigenvalue weighted by Gasteiger charge is 2.29. The average molecular weight is 325 g/mol. The van der Waals surface area contributed by atoms with E-state index in [9.17, 15) is 4.79 Å². The Bertz CT molecular complexity index is 603. The number of carbonyl (C=O) groups is 1. The van der Waals surface area contributed by atoms with E-state index in [1.54, 1.807) is 12.1 Å². The minimum atomic E-state index is -0.421. The van der Waals surface area contributed by atoms with Crippen LogP contribution in [0.3, 0.4) is 0 Å². The molecule has 1 aromatic carbocycles. The Hall–Kier alpha value is -1.96. The summed E-state index contributed by atoms with van der Waals surface area (Å²) in [6.45, 7) is 0.448. The summed E-state index contributed by atoms with van der Waals surface area (Å²) in [5.41, 5.74) is 7.06. The molecule has 0 saturated carbocycles. The number of hydrogen-bond donors (Lipinski definition) is 2. The first kappa shape index (κ1) is 16.4. The maximum atomic E-state index is 12.1. The van der Waals surface area contributed by atoms with E-state index < -0.39 is 6.10 Å². The first-order valence-corrected chi connectivity index (χ1v) is 6.79. The van der Waals surface area contributed by atoms with Crippen molar-refractivity contribution in [1.82, 2.24) is 10.1 Å². The van der Waals surface area contributed by atoms with Crippen molar-refractivity contribution in [3.8, 4) is 11.4 Å². The second kappa shape index (κ2) is 7.35. The highest BCUT2D eigenvalue weighted by atomic mass is 35.5. The number of nitrogens with zero attached hydrogens (tertiary/aromatic N) is 2. The lowest BCUT2D eigenvalue weighted by atomic mass is 10.1. The summed E-state index contributed by atoms with van der Waals surface area (Å²) < 4.78 is 10.3. The van der Waals surface area contributed by atoms with E-state index in [2.05, 4.69) is 15.5 Å². The van der Waals surface area contributed by atoms with Gasteiger partial charge in [-0.2, -0.15) is 4.98 Å². The minimum Gasteiger partial charge on any atom is -0.364 e. The topological polar surface area (TPSA) is 103 Å². The highest BCUT2D eigenvalue weighted by molar-refractivity contribution is 5.94. The number of rotatable bonds is 4. The fraction of sp³-hybridized carbons (Fsp3) is 0.357. The van der Waals surface area contributed by atoms with Gasteiger partial charge in [-0.3, -0.25) is 4.79 Å². The Kier molecular flexibility index (Phi) is 5.48. The smallest absolute Gasteiger partial charge is 0.253 e. The summed E-state index contributed by atoms with van der Waals surface area (Å²) in [6.07, 6.45) is 2.37. The maximum Gasteiger partial charge on any atom is 0.253 e. The number of aromatic nitrogens is 2. The van der Waals surface area contributed by atoms with Gasteiger partial charge in [0.25, 0.3) is 5.91 Å². The molecule has 0 aliphatic carbocycles. The number of amides is 1. The summed E-state index contributed by atoms with van der Waals surface area (Å²) >= 11 is 0. The van der Waals surface area contributed by atoms with Crippen LogP contribution in [0, 0.1) is 0 Å². The van der Waals surface area contributed by atoms with Gasteiger partial charge in [0.05, 0.1) is 6.10 Å². The van der Waals surface area contributed by atoms with Gasteiger partial charge in [0.1, 0.15) is 6.10 Å². The van der Waals surface area contributed by atoms with Crippen LogP contribution in [0.25, 0.3) is 11.4 Å². The summed E-state index contributed by atoms with van der Waals surface area (Å²) in [5.74, 6) is 0.371. The third-order valence-electron chi connectivity index (χ3n) is 3.43. The molecular formula is C14H17ClN4O3. The van der Waals surface area contributed by atoms with Crippen LogP contribution in [0.2, 0.25) is 0 Å². The number of nitrogens with one attached hydrogen (secondary N) is 1. The van der Waals surface area contributed by atoms with Gasteiger partial charge >= 0.3 is 0 Å². The maximum absolute atomic E-state index is 12.1. The van der Waals surface area contributed by atoms with E-state index >= 15 is 0 Å². The fourth-order valence-electron chi connectivity index (χ4n) is 2.30. The van der Waals surface area contributed by atoms with Crippen LogP contribution < -0.4 is 11.1 Å². The lowest BCUT2D eigenvalue weighted by Crippen LogP contribution is -2.29. The number of ether oxygens (including phenoxy) is 1. The third kappa shape index (κ3) is 3.62. The number of benzene rings is 1. The van der Waals surface area contributed by atoms with E-state index in [1.165, 1.54) is 6.39 Å². The Labute approximate surface area is 133 Å². The number of hydrogen-bond acceptors (Lipinski definition) is 6. The number of nitrogens with two attached hydrogens (primary N) is 1. The molecular weight excluding hydrogens is 308 g/mol. The molecule has 22 heavy (non-hydrogen) atoms. The van der Waals surface area contributed by atoms with E-state index in [0.29, 0.717) is 24.5 Å². The molecule has 3 rings (SSSR count). The van der Waals surface area contributed by atoms with Crippen LogP contribution in [0.15, 0.2) is 35.2 Å². The average Bonchev–Trinajstić information content (AvgIpc) is 3.19. The standard InChI is InChI=1S/C14H16N4O3.ClH/c15-7-11-5-6-12(21-11)14(19)17-10-3-1-9(2-4-10)13-16-8-20-18-13;/h1-4,8,11-12H,5-7,15H2,(H,17,19);1H/t11-,12+;/m1./s1. The molecule has 1 amide bonds. The van der Waals surface area contributed by atoms with Crippen molar-refractivity contribution < 1.29 is 14.1 Å². The second-order valence-electron chi connectivity index (χ2n) is 4.88. The van der Waals surface area contributed by atoms with Crippen molar-refractivity contribution in [1.29, 1.82) is 0 Å². The predicted molar refractivity (Wildman–Crippen MR) is 82.6 cm³/mol. The summed E-state index contributed by atoms with van der Waals surface area (Å²) in [6, 6.07) is 7.22. The first-order chi connectivity index (χ1) is 10.3. The predicted octanol–water partition coefficient (Wildman–Crippen LogP) is 1.60. The first-order valence-electron chi connectivity index (χ1n) is 6.79. The zero-order valence-corrected chi connectivity index (χ0v) is 12.6. The lowest BCUT2D eigenvalue weighted by Gasteiger charge is -2.12. The van der Waals surface area contributed by atoms with Gasteiger partial charge in [-0.1, -0.05) is 5.16 Å². The molecule has 0 spiro atoms. The molecule has 1 aliphatic rings. The molecule has 1 saturated heterocycles. The van der Waals surface area contributed by atoms with Gasteiger partial charge in [0.2, 0.25) is 12.2 Å². The van der Waals surface area contributed by atoms with E-state index in [0.717, 1.165) is 12.0 Å². The molecule has 0 radical (unpaired) electrons. The van der Waals surface area contributed by atoms with Crippen LogP contribution in [0.5, 0.6) is 0 Å². The summed E-state index contributed by atoms with van der Waals surface area (Å²) in [4.78, 5) is 16.0. The van der Waals surface area contributed by atoms with Crippen LogP contribution in [-0.2, 0) is 9.53 Å². The van der Waals surface area contributed by atoms with Crippen molar-refractivity contribution in [2.24, 2.45) is 5.73 Å². The molecule has 1 aliphatic heterocycles. The quantitative estimate of drug-likeness (QED) is 0.885. The fourth-order valence-corrected chi connectivity index (χ4v) is 2.30. The number of anilines is 1. The third-order valence-corrected chi connectivity index (χ3v) is 3.43. The van der Waals surface area contributed by atoms with Crippen LogP contribution in [0.4, 0.5) is 5.69 Å². The Morgan fingerprint density at radius 2 is 2.09 bits per heavy atom. The Morgan fingerprint density at radius 3 is 2.68 bits per heavy atom. The second-order valence-corrected chi connectivity index (χ2v) is 4.88. The zero-order valence-electron chi connectivity index (χ0n) is 11.8. The van der Waals surface area contributed by atoms with Gasteiger partial charge < -0.3 is 20.3 Å². The van der Waals surface area contributed by atoms with E-state index in [4.69, 9.17) is 15.0 Å². The molecule has 3 N–H and O–H groups in total. The van der Waals surface area contributed by atoms with Crippen molar-refractivity contribution >= 4 is 24.0 Å². The molecule has 8 heteroatoms. The van der Waals surface area contributed by atoms with Crippen molar-refractivity contribution in [2.45, 2.75) is 25.0 Å². The van der Waals surface area contributed by atoms with Gasteiger partial charge in [0.15, 0.2) is 0 Å². The summed E-state index contributed by atoms with van der Waals surface area (Å²) in [7, 11) is 0. The minimum absolute atomic E-state index is 0. The molecule has 1 aromatic heterocycles. The molecule has 0 unspecified atom stereocenters. The molecule has 118 valence electrons. The van der Waals surface area contributed by atoms with Gasteiger partial charge in [-0.15, -0.1) is 12.4 Å². The molecule has 0 bridgehead atoms. The van der Waals surface area contributed by atoms with Gasteiger partial charge in [0, 0.05) is 17.8 Å². The van der Waals surface area contributed by atoms with Crippen LogP contribution >= 0.6 is 12.4 Å². The SMILES string of the molecule is Cl.NC[C@H]1CC[C@@H](C(=O)Nc2ccc(-c3ncon3)cc2)O1. The van der Waals surface area contributed by atoms with Crippen molar-refractivity contribution in [3.63, 3.8) is 0 Å². The monoisotopic (exact) mass is 324 g/mol. The molecule has 2 heterocycles. The van der Waals surface area contributed by atoms with E-state index in [-0.39, 0.29) is 24.4 Å². The molecule has 1 fully saturated rings. The Morgan fingerprint density at radius 1 is 1.32 bits per heavy atom. The number of halogens is 1. The normalized spacial score (nSPS) is 20.4. The molecule has 7 nitrogen and oxygen atoms in total. The lowest BCUT2D eigenvalue weighted by molar-refractivity contribution is -0.126. The highest BCUT2D eigenvalue weighted by Crippen LogP contribution is 2.22. The van der Waals surface area contributed by atoms with Gasteiger partial charge in [-0.25, -0.2) is 0 Å². The zero-order chi connectivity index (χ0) is 14.7. The molecule has 2 atom stereocenters. The Balaban J connectivity index is 0.00000176. The summed E-state index contributed by atoms with van der Waals surface area (Å²) in [5, 5.41) is 6.58. The van der Waals surface area contributed by atoms with Crippen LogP contribution in [-0.4, -0.2) is 34.8 Å². The number of carbonyl (C=O) groups excluding carboxylic acids is 1. The van der Waals surface area contributed by atoms with Gasteiger partial charge in [-0.05, 0) is 37.1 Å². The molecule has 2 aromatic rings. The van der Waals surface area contributed by atoms with Crippen molar-refractivity contribution in [2.75, 3.05) is 11.9 Å². The largest absolute Gasteiger partial charge is 0.364 e. The van der Waals surface area contributed by atoms with E-state index in [1.807, 2.05) is 12.1 Å². The van der Waals surface area contributed by atoms with Crippen molar-refractivity contribution in [3.05, 3.63) is 30.7 Å². The van der Waals surface area contributed by atoms with Crippen LogP contribution in [0.1, 0.15) is 12.8 Å².